The van der Waals surface area contributed by atoms with Crippen LogP contribution in [0.5, 0.6) is 0 Å². The quantitative estimate of drug-likeness (QED) is 0.403. The van der Waals surface area contributed by atoms with Crippen LogP contribution in [0.25, 0.3) is 11.2 Å². The van der Waals surface area contributed by atoms with Crippen molar-refractivity contribution in [3.63, 3.8) is 0 Å². The smallest absolute Gasteiger partial charge is 0.390 e. The Morgan fingerprint density at radius 1 is 1.37 bits per heavy atom. The maximum absolute atomic E-state index is 12.4. The highest BCUT2D eigenvalue weighted by Crippen LogP contribution is 2.65. The van der Waals surface area contributed by atoms with Crippen LogP contribution < -0.4 is 5.73 Å². The van der Waals surface area contributed by atoms with Gasteiger partial charge in [0.25, 0.3) is 0 Å². The number of phosphoric acid groups is 2. The van der Waals surface area contributed by atoms with Crippen LogP contribution in [-0.4, -0.2) is 62.6 Å². The molecule has 0 saturated carbocycles. The van der Waals surface area contributed by atoms with Gasteiger partial charge in [0.15, 0.2) is 20.5 Å². The maximum atomic E-state index is 12.4. The number of aliphatic hydroxyl groups is 1. The van der Waals surface area contributed by atoms with Crippen molar-refractivity contribution in [2.24, 2.45) is 0 Å². The van der Waals surface area contributed by atoms with Gasteiger partial charge in [-0.05, 0) is 0 Å². The molecule has 0 spiro atoms. The first-order valence-electron chi connectivity index (χ1n) is 8.25. The number of hydrogen-bond donors (Lipinski definition) is 3. The number of phosphoric ester groups is 1. The first-order valence-corrected chi connectivity index (χ1v) is 12.0. The second-order valence-electron chi connectivity index (χ2n) is 5.87. The number of nitrogens with two attached hydrogens (primary N) is 1. The van der Waals surface area contributed by atoms with Crippen LogP contribution in [0.3, 0.4) is 0 Å². The average molecular weight is 487 g/mol. The molecule has 18 heteroatoms. The van der Waals surface area contributed by atoms with Crippen LogP contribution >= 0.6 is 24.7 Å². The monoisotopic (exact) mass is 487 g/mol. The molecule has 4 N–H and O–H groups in total. The summed E-state index contributed by atoms with van der Waals surface area (Å²) < 4.78 is 54.6. The van der Waals surface area contributed by atoms with Gasteiger partial charge in [-0.1, -0.05) is 0 Å². The Kier molecular flexibility index (Phi) is 7.54. The molecule has 0 radical (unpaired) electrons. The third-order valence-electron chi connectivity index (χ3n) is 3.96. The van der Waals surface area contributed by atoms with Crippen LogP contribution in [0.4, 0.5) is 5.82 Å². The molecule has 0 aromatic carbocycles. The van der Waals surface area contributed by atoms with E-state index < -0.39 is 49.7 Å². The van der Waals surface area contributed by atoms with Gasteiger partial charge in [0, 0.05) is 20.6 Å². The van der Waals surface area contributed by atoms with Gasteiger partial charge in [0.2, 0.25) is 0 Å². The van der Waals surface area contributed by atoms with Crippen molar-refractivity contribution in [1.82, 2.24) is 19.5 Å². The summed E-state index contributed by atoms with van der Waals surface area (Å²) >= 11 is 0. The van der Waals surface area contributed by atoms with Crippen molar-refractivity contribution >= 4 is 41.7 Å². The number of anilines is 1. The van der Waals surface area contributed by atoms with Crippen LogP contribution in [0.2, 0.25) is 0 Å². The number of nitrogens with zero attached hydrogens (tertiary/aromatic N) is 4. The van der Waals surface area contributed by atoms with E-state index in [0.717, 1.165) is 7.11 Å². The number of aromatic nitrogens is 4. The number of imidazole rings is 1. The lowest BCUT2D eigenvalue weighted by Gasteiger charge is -2.21. The number of rotatable bonds is 10. The summed E-state index contributed by atoms with van der Waals surface area (Å²) in [6.07, 6.45) is 0.189. The standard InChI is InChI=1S/C12H20N5O10P3/c1-22-28-26-29(19,20)27-30(21,23-2)24-4-8-7(18)3-9(25-8)17-6-16-10-11(13)14-5-15-12(10)17/h5-9,18,28H,3-4H2,1-2H3,(H,19,20)(H2,13,14,15). The van der Waals surface area contributed by atoms with Crippen LogP contribution in [0.1, 0.15) is 12.6 Å². The second kappa shape index (κ2) is 9.60. The summed E-state index contributed by atoms with van der Waals surface area (Å²) in [5.74, 6) is 0.195. The number of nitrogen functional groups attached to an aromatic ring is 1. The van der Waals surface area contributed by atoms with Gasteiger partial charge in [-0.2, -0.15) is 4.31 Å². The predicted molar refractivity (Wildman–Crippen MR) is 102 cm³/mol. The van der Waals surface area contributed by atoms with Crippen molar-refractivity contribution < 1.29 is 46.1 Å². The third-order valence-corrected chi connectivity index (χ3v) is 7.89. The van der Waals surface area contributed by atoms with Gasteiger partial charge in [-0.3, -0.25) is 13.6 Å². The molecule has 1 saturated heterocycles. The second-order valence-corrected chi connectivity index (χ2v) is 10.3. The fourth-order valence-electron chi connectivity index (χ4n) is 2.62. The molecule has 6 unspecified atom stereocenters. The molecule has 0 bridgehead atoms. The van der Waals surface area contributed by atoms with Crippen molar-refractivity contribution in [2.75, 3.05) is 26.6 Å². The molecule has 30 heavy (non-hydrogen) atoms. The lowest BCUT2D eigenvalue weighted by molar-refractivity contribution is -0.0430. The van der Waals surface area contributed by atoms with Crippen molar-refractivity contribution in [3.05, 3.63) is 12.7 Å². The number of aliphatic hydroxyl groups excluding tert-OH is 1. The molecule has 168 valence electrons. The minimum absolute atomic E-state index is 0.137. The van der Waals surface area contributed by atoms with E-state index in [1.165, 1.54) is 19.8 Å². The fourth-order valence-corrected chi connectivity index (χ4v) is 5.63. The van der Waals surface area contributed by atoms with Crippen molar-refractivity contribution in [2.45, 2.75) is 24.9 Å². The summed E-state index contributed by atoms with van der Waals surface area (Å²) in [4.78, 5) is 21.6. The molecule has 1 fully saturated rings. The Hall–Kier alpha value is -1.08. The lowest BCUT2D eigenvalue weighted by Crippen LogP contribution is -2.26. The van der Waals surface area contributed by atoms with Crippen molar-refractivity contribution in [3.8, 4) is 0 Å². The Labute approximate surface area is 172 Å². The highest BCUT2D eigenvalue weighted by Gasteiger charge is 2.41. The predicted octanol–water partition coefficient (Wildman–Crippen LogP) is 1.12. The molecule has 0 aliphatic carbocycles. The van der Waals surface area contributed by atoms with Gasteiger partial charge in [0.05, 0.1) is 19.0 Å². The van der Waals surface area contributed by atoms with E-state index in [4.69, 9.17) is 15.0 Å². The van der Waals surface area contributed by atoms with Crippen LogP contribution in [-0.2, 0) is 36.1 Å². The number of ether oxygens (including phenoxy) is 1. The summed E-state index contributed by atoms with van der Waals surface area (Å²) in [6, 6.07) is 0. The largest absolute Gasteiger partial charge is 0.486 e. The summed E-state index contributed by atoms with van der Waals surface area (Å²) in [5.41, 5.74) is 6.54. The number of fused-ring (bicyclic) bond motifs is 1. The highest BCUT2D eigenvalue weighted by atomic mass is 31.3. The lowest BCUT2D eigenvalue weighted by atomic mass is 10.2. The Balaban J connectivity index is 1.65. The molecule has 2 aromatic heterocycles. The zero-order valence-corrected chi connectivity index (χ0v) is 18.5. The van der Waals surface area contributed by atoms with Crippen molar-refractivity contribution in [1.29, 1.82) is 0 Å². The van der Waals surface area contributed by atoms with E-state index in [9.17, 15) is 19.1 Å². The first kappa shape index (κ1) is 23.6. The molecule has 1 aliphatic rings. The molecule has 2 aromatic rings. The topological polar surface area (TPSA) is 200 Å². The Morgan fingerprint density at radius 3 is 2.83 bits per heavy atom. The molecule has 6 atom stereocenters. The van der Waals surface area contributed by atoms with Crippen LogP contribution in [0, 0.1) is 0 Å². The van der Waals surface area contributed by atoms with E-state index in [2.05, 4.69) is 32.6 Å². The highest BCUT2D eigenvalue weighted by molar-refractivity contribution is 7.64. The average Bonchev–Trinajstić information content (AvgIpc) is 3.29. The molecule has 1 aliphatic heterocycles. The van der Waals surface area contributed by atoms with E-state index >= 15 is 0 Å². The van der Waals surface area contributed by atoms with E-state index in [1.807, 2.05) is 0 Å². The first-order chi connectivity index (χ1) is 14.2. The van der Waals surface area contributed by atoms with E-state index in [-0.39, 0.29) is 12.2 Å². The summed E-state index contributed by atoms with van der Waals surface area (Å²) in [7, 11) is -7.93. The van der Waals surface area contributed by atoms with E-state index in [1.54, 1.807) is 4.57 Å². The molecular weight excluding hydrogens is 467 g/mol. The molecular formula is C12H20N5O10P3. The minimum Gasteiger partial charge on any atom is -0.390 e. The zero-order chi connectivity index (χ0) is 21.9. The molecule has 3 heterocycles. The molecule has 0 amide bonds. The van der Waals surface area contributed by atoms with Gasteiger partial charge in [-0.25, -0.2) is 28.4 Å². The SMILES string of the molecule is COPOP(=O)(O)OP(=O)(OC)OCC1OC(n2cnc3c(N)ncnc32)CC1O. The zero-order valence-electron chi connectivity index (χ0n) is 15.7. The van der Waals surface area contributed by atoms with Gasteiger partial charge in [-0.15, -0.1) is 0 Å². The van der Waals surface area contributed by atoms with Gasteiger partial charge < -0.3 is 25.0 Å². The Morgan fingerprint density at radius 2 is 2.13 bits per heavy atom. The molecule has 15 nitrogen and oxygen atoms in total. The normalized spacial score (nSPS) is 26.3. The van der Waals surface area contributed by atoms with Gasteiger partial charge in [0.1, 0.15) is 24.2 Å². The Bertz CT molecular complexity index is 975. The van der Waals surface area contributed by atoms with Gasteiger partial charge >= 0.3 is 15.6 Å². The van der Waals surface area contributed by atoms with E-state index in [0.29, 0.717) is 11.2 Å². The van der Waals surface area contributed by atoms with Crippen LogP contribution in [0.15, 0.2) is 12.7 Å². The summed E-state index contributed by atoms with van der Waals surface area (Å²) in [6.45, 7) is -0.473. The minimum atomic E-state index is -4.77. The molecule has 3 rings (SSSR count). The fraction of sp³-hybridized carbons (Fsp3) is 0.583. The maximum Gasteiger partial charge on any atom is 0.486 e. The third kappa shape index (κ3) is 5.39. The summed E-state index contributed by atoms with van der Waals surface area (Å²) in [5, 5.41) is 10.3. The number of hydrogen-bond acceptors (Lipinski definition) is 13.